The van der Waals surface area contributed by atoms with Crippen molar-refractivity contribution in [2.75, 3.05) is 12.3 Å². The summed E-state index contributed by atoms with van der Waals surface area (Å²) < 4.78 is 15.1. The Bertz CT molecular complexity index is 1080. The van der Waals surface area contributed by atoms with Gasteiger partial charge in [0.15, 0.2) is 6.23 Å². The van der Waals surface area contributed by atoms with Gasteiger partial charge in [-0.1, -0.05) is 6.58 Å². The lowest BCUT2D eigenvalue weighted by molar-refractivity contribution is -0.0947. The number of nitrogens with one attached hydrogen (secondary N) is 1. The molecule has 1 unspecified atom stereocenters. The second-order valence-corrected chi connectivity index (χ2v) is 6.45. The van der Waals surface area contributed by atoms with Crippen LogP contribution in [0.1, 0.15) is 14.5 Å². The van der Waals surface area contributed by atoms with Gasteiger partial charge in [-0.2, -0.15) is 0 Å². The smallest absolute Gasteiger partial charge is 0.167 e. The molecule has 0 bridgehead atoms. The average Bonchev–Trinajstić information content (AvgIpc) is 2.99. The highest BCUT2D eigenvalue weighted by Gasteiger charge is 2.53. The van der Waals surface area contributed by atoms with Crippen molar-refractivity contribution < 1.29 is 21.4 Å². The Kier molecular flexibility index (Phi) is 3.13. The topological polar surface area (TPSA) is 142 Å². The van der Waals surface area contributed by atoms with Crippen LogP contribution < -0.4 is 11.1 Å². The first-order valence-electron chi connectivity index (χ1n) is 8.23. The van der Waals surface area contributed by atoms with E-state index in [0.29, 0.717) is 33.1 Å². The summed E-state index contributed by atoms with van der Waals surface area (Å²) in [6.45, 7) is 4.80. The number of nitrogens with zero attached hydrogens (tertiary/aromatic N) is 3. The predicted molar refractivity (Wildman–Crippen MR) is 91.0 cm³/mol. The number of hydrogen-bond donors (Lipinski definition) is 5. The van der Waals surface area contributed by atoms with Gasteiger partial charge >= 0.3 is 0 Å². The predicted octanol–water partition coefficient (Wildman–Crippen LogP) is -0.812. The first-order valence-corrected chi connectivity index (χ1v) is 7.73. The maximum absolute atomic E-state index is 10.8. The number of aromatic nitrogens is 4. The Hall–Kier alpha value is -2.46. The lowest BCUT2D eigenvalue weighted by Gasteiger charge is -2.27. The summed E-state index contributed by atoms with van der Waals surface area (Å²) in [5, 5.41) is 32.1. The molecular weight excluding hydrogens is 326 g/mol. The SMILES string of the molecule is [3H]c1nc2[nH]c(=C)cc(N)c3cn([C@@H]4O[C@H](CO)[C@@H](O)C4(C)O)c(n1)c23. The zero-order valence-corrected chi connectivity index (χ0v) is 13.5. The van der Waals surface area contributed by atoms with Gasteiger partial charge in [0.1, 0.15) is 36.8 Å². The molecule has 0 spiro atoms. The van der Waals surface area contributed by atoms with Crippen molar-refractivity contribution in [2.24, 2.45) is 0 Å². The van der Waals surface area contributed by atoms with Crippen molar-refractivity contribution in [3.63, 3.8) is 0 Å². The van der Waals surface area contributed by atoms with Gasteiger partial charge in [-0.3, -0.25) is 0 Å². The van der Waals surface area contributed by atoms with E-state index in [1.54, 1.807) is 12.3 Å². The molecule has 9 heteroatoms. The fraction of sp³-hybridized carbons (Fsp3) is 0.375. The molecule has 0 amide bonds. The fourth-order valence-electron chi connectivity index (χ4n) is 3.37. The number of nitrogen functional groups attached to an aromatic ring is 1. The van der Waals surface area contributed by atoms with Gasteiger partial charge in [0, 0.05) is 22.6 Å². The molecule has 25 heavy (non-hydrogen) atoms. The summed E-state index contributed by atoms with van der Waals surface area (Å²) in [6.07, 6.45) is -1.90. The maximum Gasteiger partial charge on any atom is 0.167 e. The summed E-state index contributed by atoms with van der Waals surface area (Å²) >= 11 is 0. The van der Waals surface area contributed by atoms with Gasteiger partial charge < -0.3 is 35.3 Å². The second-order valence-electron chi connectivity index (χ2n) is 6.45. The Balaban J connectivity index is 2.06. The number of aliphatic hydroxyl groups is 3. The Morgan fingerprint density at radius 2 is 2.32 bits per heavy atom. The number of ether oxygens (including phenoxy) is 1. The van der Waals surface area contributed by atoms with E-state index in [1.165, 1.54) is 11.5 Å². The minimum Gasteiger partial charge on any atom is -0.398 e. The van der Waals surface area contributed by atoms with Crippen molar-refractivity contribution in [3.8, 4) is 0 Å². The average molecular weight is 347 g/mol. The van der Waals surface area contributed by atoms with E-state index in [0.717, 1.165) is 0 Å². The zero-order chi connectivity index (χ0) is 18.8. The van der Waals surface area contributed by atoms with Gasteiger partial charge in [-0.25, -0.2) is 9.97 Å². The molecule has 1 saturated heterocycles. The van der Waals surface area contributed by atoms with Crippen LogP contribution in [0.2, 0.25) is 0 Å². The molecule has 6 N–H and O–H groups in total. The molecule has 132 valence electrons. The number of hydrogen-bond acceptors (Lipinski definition) is 7. The summed E-state index contributed by atoms with van der Waals surface area (Å²) in [7, 11) is 0. The van der Waals surface area contributed by atoms with Gasteiger partial charge in [0.05, 0.1) is 12.0 Å². The third-order valence-electron chi connectivity index (χ3n) is 4.67. The molecular formula is C16H19N5O4. The van der Waals surface area contributed by atoms with Gasteiger partial charge in [-0.05, 0) is 13.0 Å². The summed E-state index contributed by atoms with van der Waals surface area (Å²) in [5.74, 6) is 0. The number of rotatable bonds is 2. The van der Waals surface area contributed by atoms with Crippen molar-refractivity contribution >= 4 is 34.3 Å². The molecule has 0 aromatic carbocycles. The number of aliphatic hydroxyl groups excluding tert-OH is 2. The van der Waals surface area contributed by atoms with Crippen molar-refractivity contribution in [3.05, 3.63) is 23.9 Å². The number of aromatic amines is 1. The van der Waals surface area contributed by atoms with E-state index in [2.05, 4.69) is 21.5 Å². The lowest BCUT2D eigenvalue weighted by Crippen LogP contribution is -2.44. The van der Waals surface area contributed by atoms with E-state index in [4.69, 9.17) is 11.8 Å². The second kappa shape index (κ2) is 5.27. The quantitative estimate of drug-likeness (QED) is 0.408. The molecule has 4 heterocycles. The molecule has 4 atom stereocenters. The standard InChI is InChI=1S/C16H19N5O4/c1-7-3-9(17)8-4-21(14-11(8)13(20-7)18-6-19-14)15-16(2,24)12(23)10(5-22)25-15/h3-4,6,10,12,15,22-24H,1,5,17H2,2H3,(H,18,19,20)/t10-,12-,15-,16?/m1/s1/i6T. The molecule has 1 fully saturated rings. The Labute approximate surface area is 143 Å². The van der Waals surface area contributed by atoms with Crippen molar-refractivity contribution in [2.45, 2.75) is 31.0 Å². The van der Waals surface area contributed by atoms with E-state index in [1.807, 2.05) is 0 Å². The van der Waals surface area contributed by atoms with Gasteiger partial charge in [0.2, 0.25) is 0 Å². The zero-order valence-electron chi connectivity index (χ0n) is 14.5. The summed E-state index contributed by atoms with van der Waals surface area (Å²) in [4.78, 5) is 11.2. The third-order valence-corrected chi connectivity index (χ3v) is 4.67. The highest BCUT2D eigenvalue weighted by Crippen LogP contribution is 2.41. The molecule has 0 saturated carbocycles. The van der Waals surface area contributed by atoms with Crippen molar-refractivity contribution in [1.29, 1.82) is 0 Å². The summed E-state index contributed by atoms with van der Waals surface area (Å²) in [5.41, 5.74) is 5.54. The van der Waals surface area contributed by atoms with Crippen LogP contribution >= 0.6 is 0 Å². The van der Waals surface area contributed by atoms with Crippen molar-refractivity contribution in [1.82, 2.24) is 19.5 Å². The monoisotopic (exact) mass is 347 g/mol. The van der Waals surface area contributed by atoms with Crippen LogP contribution in [-0.2, 0) is 4.74 Å². The molecule has 9 nitrogen and oxygen atoms in total. The van der Waals surface area contributed by atoms with Crippen LogP contribution in [0.4, 0.5) is 5.69 Å². The van der Waals surface area contributed by atoms with Crippen LogP contribution in [0.15, 0.2) is 18.6 Å². The lowest BCUT2D eigenvalue weighted by atomic mass is 9.96. The minimum absolute atomic E-state index is 0.240. The molecule has 1 aliphatic heterocycles. The molecule has 3 aromatic heterocycles. The minimum atomic E-state index is -1.69. The maximum atomic E-state index is 10.8. The molecule has 1 aliphatic rings. The third kappa shape index (κ3) is 2.17. The number of H-pyrrole nitrogens is 1. The first-order chi connectivity index (χ1) is 12.2. The van der Waals surface area contributed by atoms with Gasteiger partial charge in [0.25, 0.3) is 0 Å². The summed E-state index contributed by atoms with van der Waals surface area (Å²) in [6, 6.07) is 1.63. The normalized spacial score (nSPS) is 30.2. The molecule has 0 aliphatic carbocycles. The molecule has 0 radical (unpaired) electrons. The van der Waals surface area contributed by atoms with Crippen LogP contribution in [0.5, 0.6) is 0 Å². The van der Waals surface area contributed by atoms with Crippen LogP contribution in [-0.4, -0.2) is 59.3 Å². The largest absolute Gasteiger partial charge is 0.398 e. The highest BCUT2D eigenvalue weighted by molar-refractivity contribution is 6.08. The fourth-order valence-corrected chi connectivity index (χ4v) is 3.37. The number of anilines is 1. The van der Waals surface area contributed by atoms with E-state index >= 15 is 0 Å². The highest BCUT2D eigenvalue weighted by atomic mass is 16.6. The van der Waals surface area contributed by atoms with Crippen LogP contribution in [0.3, 0.4) is 0 Å². The molecule has 4 rings (SSSR count). The van der Waals surface area contributed by atoms with Crippen LogP contribution in [0.25, 0.3) is 28.6 Å². The first kappa shape index (κ1) is 14.8. The van der Waals surface area contributed by atoms with E-state index < -0.39 is 30.6 Å². The van der Waals surface area contributed by atoms with Gasteiger partial charge in [-0.15, -0.1) is 0 Å². The number of nitrogens with two attached hydrogens (primary N) is 1. The van der Waals surface area contributed by atoms with E-state index in [-0.39, 0.29) is 6.30 Å². The van der Waals surface area contributed by atoms with E-state index in [9.17, 15) is 15.3 Å². The molecule has 3 aromatic rings. The van der Waals surface area contributed by atoms with Crippen LogP contribution in [0, 0.1) is 0 Å². The Morgan fingerprint density at radius 3 is 3.00 bits per heavy atom. The Morgan fingerprint density at radius 1 is 1.56 bits per heavy atom.